The minimum Gasteiger partial charge on any atom is -0.341 e. The molecule has 1 saturated heterocycles. The van der Waals surface area contributed by atoms with Gasteiger partial charge >= 0.3 is 0 Å². The van der Waals surface area contributed by atoms with Crippen LogP contribution in [0.15, 0.2) is 35.2 Å². The second-order valence-electron chi connectivity index (χ2n) is 5.30. The predicted molar refractivity (Wildman–Crippen MR) is 80.0 cm³/mol. The number of sulfonamides is 1. The Bertz CT molecular complexity index is 589. The summed E-state index contributed by atoms with van der Waals surface area (Å²) in [5, 5.41) is 0. The maximum absolute atomic E-state index is 12.3. The molecule has 0 spiro atoms. The van der Waals surface area contributed by atoms with Crippen molar-refractivity contribution >= 4 is 15.9 Å². The van der Waals surface area contributed by atoms with Crippen molar-refractivity contribution in [3.8, 4) is 0 Å². The van der Waals surface area contributed by atoms with Crippen LogP contribution in [-0.2, 0) is 14.8 Å². The topological polar surface area (TPSA) is 83.7 Å². The van der Waals surface area contributed by atoms with Gasteiger partial charge in [0.25, 0.3) is 0 Å². The molecule has 1 aromatic carbocycles. The maximum atomic E-state index is 12.3. The summed E-state index contributed by atoms with van der Waals surface area (Å²) in [5.74, 6) is 0.151. The number of rotatable bonds is 5. The van der Waals surface area contributed by atoms with Gasteiger partial charge in [0.2, 0.25) is 15.9 Å². The second-order valence-corrected chi connectivity index (χ2v) is 7.35. The number of benzene rings is 1. The van der Waals surface area contributed by atoms with Gasteiger partial charge in [0, 0.05) is 20.1 Å². The lowest BCUT2D eigenvalue weighted by atomic mass is 10.1. The van der Waals surface area contributed by atoms with Crippen molar-refractivity contribution in [1.82, 2.24) is 9.21 Å². The molecule has 7 heteroatoms. The fourth-order valence-corrected chi connectivity index (χ4v) is 3.54. The highest BCUT2D eigenvalue weighted by Crippen LogP contribution is 2.17. The number of likely N-dealkylation sites (tertiary alicyclic amines) is 1. The molecule has 0 radical (unpaired) electrons. The van der Waals surface area contributed by atoms with Crippen molar-refractivity contribution in [3.05, 3.63) is 30.3 Å². The van der Waals surface area contributed by atoms with Crippen LogP contribution in [0.1, 0.15) is 6.42 Å². The van der Waals surface area contributed by atoms with Crippen molar-refractivity contribution in [3.63, 3.8) is 0 Å². The summed E-state index contributed by atoms with van der Waals surface area (Å²) in [6, 6.07) is 8.12. The normalized spacial score (nSPS) is 19.2. The van der Waals surface area contributed by atoms with Gasteiger partial charge in [0.1, 0.15) is 0 Å². The second kappa shape index (κ2) is 6.55. The number of likely N-dealkylation sites (N-methyl/N-ethyl adjacent to an activating group) is 1. The van der Waals surface area contributed by atoms with Gasteiger partial charge in [-0.05, 0) is 31.0 Å². The van der Waals surface area contributed by atoms with Gasteiger partial charge in [-0.1, -0.05) is 18.2 Å². The summed E-state index contributed by atoms with van der Waals surface area (Å²) in [6.45, 7) is 1.69. The lowest BCUT2D eigenvalue weighted by Gasteiger charge is -2.21. The Morgan fingerprint density at radius 1 is 1.38 bits per heavy atom. The zero-order valence-corrected chi connectivity index (χ0v) is 12.9. The zero-order valence-electron chi connectivity index (χ0n) is 12.1. The summed E-state index contributed by atoms with van der Waals surface area (Å²) in [4.78, 5) is 14.1. The first-order valence-corrected chi connectivity index (χ1v) is 8.38. The summed E-state index contributed by atoms with van der Waals surface area (Å²) >= 11 is 0. The molecule has 1 aliphatic heterocycles. The van der Waals surface area contributed by atoms with Gasteiger partial charge in [-0.15, -0.1) is 0 Å². The SMILES string of the molecule is CN(CC(=O)N1CCC(CN)C1)S(=O)(=O)c1ccccc1. The third-order valence-corrected chi connectivity index (χ3v) is 5.60. The van der Waals surface area contributed by atoms with Crippen molar-refractivity contribution in [2.45, 2.75) is 11.3 Å². The molecule has 1 aromatic rings. The largest absolute Gasteiger partial charge is 0.341 e. The highest BCUT2D eigenvalue weighted by Gasteiger charge is 2.29. The smallest absolute Gasteiger partial charge is 0.243 e. The average Bonchev–Trinajstić information content (AvgIpc) is 2.97. The van der Waals surface area contributed by atoms with Gasteiger partial charge in [-0.25, -0.2) is 8.42 Å². The van der Waals surface area contributed by atoms with Gasteiger partial charge < -0.3 is 10.6 Å². The molecule has 1 amide bonds. The van der Waals surface area contributed by atoms with Crippen LogP contribution in [0.5, 0.6) is 0 Å². The highest BCUT2D eigenvalue weighted by atomic mass is 32.2. The third-order valence-electron chi connectivity index (χ3n) is 3.78. The molecule has 0 aliphatic carbocycles. The zero-order chi connectivity index (χ0) is 15.5. The van der Waals surface area contributed by atoms with Gasteiger partial charge in [0.15, 0.2) is 0 Å². The van der Waals surface area contributed by atoms with E-state index in [-0.39, 0.29) is 17.3 Å². The van der Waals surface area contributed by atoms with E-state index in [4.69, 9.17) is 5.73 Å². The van der Waals surface area contributed by atoms with Crippen LogP contribution in [0.3, 0.4) is 0 Å². The van der Waals surface area contributed by atoms with Crippen LogP contribution in [0.25, 0.3) is 0 Å². The minimum absolute atomic E-state index is 0.144. The molecule has 1 fully saturated rings. The van der Waals surface area contributed by atoms with E-state index in [2.05, 4.69) is 0 Å². The summed E-state index contributed by atoms with van der Waals surface area (Å²) in [7, 11) is -2.19. The summed E-state index contributed by atoms with van der Waals surface area (Å²) < 4.78 is 25.8. The molecule has 0 bridgehead atoms. The van der Waals surface area contributed by atoms with Crippen molar-refractivity contribution in [1.29, 1.82) is 0 Å². The van der Waals surface area contributed by atoms with Crippen LogP contribution >= 0.6 is 0 Å². The molecule has 1 atom stereocenters. The Labute approximate surface area is 125 Å². The third kappa shape index (κ3) is 3.61. The molecule has 1 aliphatic rings. The van der Waals surface area contributed by atoms with Crippen molar-refractivity contribution < 1.29 is 13.2 Å². The van der Waals surface area contributed by atoms with Crippen LogP contribution in [0.4, 0.5) is 0 Å². The Kier molecular flexibility index (Phi) is 4.97. The first-order valence-electron chi connectivity index (χ1n) is 6.94. The van der Waals surface area contributed by atoms with E-state index in [0.29, 0.717) is 25.6 Å². The van der Waals surface area contributed by atoms with E-state index in [9.17, 15) is 13.2 Å². The first-order chi connectivity index (χ1) is 9.95. The van der Waals surface area contributed by atoms with E-state index in [1.54, 1.807) is 23.1 Å². The summed E-state index contributed by atoms with van der Waals surface area (Å²) in [6.07, 6.45) is 0.886. The van der Waals surface area contributed by atoms with Gasteiger partial charge in [-0.3, -0.25) is 4.79 Å². The number of carbonyl (C=O) groups excluding carboxylic acids is 1. The molecule has 0 aromatic heterocycles. The fourth-order valence-electron chi connectivity index (χ4n) is 2.40. The van der Waals surface area contributed by atoms with Gasteiger partial charge in [0.05, 0.1) is 11.4 Å². The molecule has 6 nitrogen and oxygen atoms in total. The number of nitrogens with zero attached hydrogens (tertiary/aromatic N) is 2. The van der Waals surface area contributed by atoms with Crippen LogP contribution < -0.4 is 5.73 Å². The Hall–Kier alpha value is -1.44. The first kappa shape index (κ1) is 15.9. The molecule has 1 heterocycles. The minimum atomic E-state index is -3.62. The maximum Gasteiger partial charge on any atom is 0.243 e. The van der Waals surface area contributed by atoms with E-state index in [1.165, 1.54) is 19.2 Å². The average molecular weight is 311 g/mol. The quantitative estimate of drug-likeness (QED) is 0.837. The molecule has 2 rings (SSSR count). The van der Waals surface area contributed by atoms with Crippen LogP contribution in [0.2, 0.25) is 0 Å². The standard InChI is InChI=1S/C14H21N3O3S/c1-16(21(19,20)13-5-3-2-4-6-13)11-14(18)17-8-7-12(9-15)10-17/h2-6,12H,7-11,15H2,1H3. The summed E-state index contributed by atoms with van der Waals surface area (Å²) in [5.41, 5.74) is 5.60. The molecular formula is C14H21N3O3S. The number of nitrogens with two attached hydrogens (primary N) is 1. The number of amides is 1. The van der Waals surface area contributed by atoms with Crippen LogP contribution in [0, 0.1) is 5.92 Å². The fraction of sp³-hybridized carbons (Fsp3) is 0.500. The molecular weight excluding hydrogens is 290 g/mol. The van der Waals surface area contributed by atoms with Crippen molar-refractivity contribution in [2.75, 3.05) is 33.2 Å². The number of hydrogen-bond acceptors (Lipinski definition) is 4. The molecule has 2 N–H and O–H groups in total. The van der Waals surface area contributed by atoms with E-state index in [1.807, 2.05) is 0 Å². The molecule has 116 valence electrons. The van der Waals surface area contributed by atoms with Crippen LogP contribution in [-0.4, -0.2) is 56.8 Å². The Balaban J connectivity index is 2.01. The molecule has 1 unspecified atom stereocenters. The predicted octanol–water partition coefficient (Wildman–Crippen LogP) is 0.114. The number of hydrogen-bond donors (Lipinski definition) is 1. The monoisotopic (exact) mass is 311 g/mol. The van der Waals surface area contributed by atoms with E-state index >= 15 is 0 Å². The Morgan fingerprint density at radius 3 is 2.62 bits per heavy atom. The highest BCUT2D eigenvalue weighted by molar-refractivity contribution is 7.89. The number of carbonyl (C=O) groups is 1. The van der Waals surface area contributed by atoms with Gasteiger partial charge in [-0.2, -0.15) is 4.31 Å². The molecule has 0 saturated carbocycles. The molecule has 21 heavy (non-hydrogen) atoms. The Morgan fingerprint density at radius 2 is 2.05 bits per heavy atom. The lowest BCUT2D eigenvalue weighted by Crippen LogP contribution is -2.40. The van der Waals surface area contributed by atoms with Crippen molar-refractivity contribution in [2.24, 2.45) is 11.7 Å². The lowest BCUT2D eigenvalue weighted by molar-refractivity contribution is -0.130. The van der Waals surface area contributed by atoms with E-state index < -0.39 is 10.0 Å². The van der Waals surface area contributed by atoms with E-state index in [0.717, 1.165) is 10.7 Å².